The largest absolute Gasteiger partial charge is 0.504 e. The second kappa shape index (κ2) is 16.1. The number of benzene rings is 5. The maximum Gasteiger partial charge on any atom is 0.422 e. The highest BCUT2D eigenvalue weighted by Gasteiger charge is 2.43. The molecule has 0 heterocycles. The molecule has 8 nitrogen and oxygen atoms in total. The molecule has 8 heteroatoms. The molecule has 0 aliphatic heterocycles. The van der Waals surface area contributed by atoms with Gasteiger partial charge < -0.3 is 19.3 Å². The van der Waals surface area contributed by atoms with Gasteiger partial charge in [0.05, 0.1) is 0 Å². The molecule has 0 aliphatic rings. The molecule has 1 unspecified atom stereocenters. The first-order chi connectivity index (χ1) is 22.9. The lowest BCUT2D eigenvalue weighted by Crippen LogP contribution is -2.61. The number of carbonyl (C=O) groups is 2. The van der Waals surface area contributed by atoms with Crippen molar-refractivity contribution < 1.29 is 28.9 Å². The van der Waals surface area contributed by atoms with Crippen LogP contribution in [0.1, 0.15) is 34.7 Å². The number of nitrogens with zero attached hydrogens (tertiary/aromatic N) is 1. The highest BCUT2D eigenvalue weighted by molar-refractivity contribution is 5.81. The van der Waals surface area contributed by atoms with E-state index in [0.717, 1.165) is 22.3 Å². The fourth-order valence-electron chi connectivity index (χ4n) is 5.04. The number of rotatable bonds is 14. The van der Waals surface area contributed by atoms with Crippen LogP contribution in [-0.4, -0.2) is 27.7 Å². The molecule has 0 aromatic heterocycles. The standard InChI is InChI=1S/C39H38N2O6/c1-39(37(43)46-28-32-18-10-4-11-19-32,25-34-22-23-35(42)36(24-34)45-27-31-16-8-3-9-17-31)41(26-30-14-6-2-7-15-30)40-38(44)47-29-33-20-12-5-13-21-33/h2-24,42H,25-29H2,1H3,(H,40,44). The maximum absolute atomic E-state index is 14.2. The van der Waals surface area contributed by atoms with Gasteiger partial charge in [-0.25, -0.2) is 9.59 Å². The molecule has 2 N–H and O–H groups in total. The van der Waals surface area contributed by atoms with Gasteiger partial charge in [-0.1, -0.05) is 127 Å². The number of hydrazine groups is 1. The van der Waals surface area contributed by atoms with E-state index < -0.39 is 17.6 Å². The van der Waals surface area contributed by atoms with Crippen LogP contribution in [0.4, 0.5) is 4.79 Å². The molecule has 1 amide bonds. The smallest absolute Gasteiger partial charge is 0.422 e. The number of nitrogens with one attached hydrogen (secondary N) is 1. The molecular weight excluding hydrogens is 592 g/mol. The quantitative estimate of drug-likeness (QED) is 0.0978. The zero-order valence-electron chi connectivity index (χ0n) is 26.3. The minimum absolute atomic E-state index is 0.0261. The Morgan fingerprint density at radius 2 is 1.13 bits per heavy atom. The molecule has 0 radical (unpaired) electrons. The zero-order valence-corrected chi connectivity index (χ0v) is 26.3. The molecule has 0 saturated carbocycles. The minimum Gasteiger partial charge on any atom is -0.504 e. The van der Waals surface area contributed by atoms with Crippen LogP contribution in [0.2, 0.25) is 0 Å². The molecule has 0 aliphatic carbocycles. The summed E-state index contributed by atoms with van der Waals surface area (Å²) in [6.45, 7) is 2.25. The van der Waals surface area contributed by atoms with Gasteiger partial charge in [0, 0.05) is 13.0 Å². The highest BCUT2D eigenvalue weighted by Crippen LogP contribution is 2.31. The van der Waals surface area contributed by atoms with E-state index in [-0.39, 0.29) is 44.3 Å². The van der Waals surface area contributed by atoms with Crippen LogP contribution in [0, 0.1) is 0 Å². The van der Waals surface area contributed by atoms with Gasteiger partial charge in [-0.15, -0.1) is 0 Å². The maximum atomic E-state index is 14.2. The average molecular weight is 631 g/mol. The van der Waals surface area contributed by atoms with Crippen LogP contribution < -0.4 is 10.2 Å². The third kappa shape index (κ3) is 9.45. The summed E-state index contributed by atoms with van der Waals surface area (Å²) in [5.41, 5.74) is 5.55. The van der Waals surface area contributed by atoms with Crippen LogP contribution in [0.5, 0.6) is 11.5 Å². The summed E-state index contributed by atoms with van der Waals surface area (Å²) in [6.07, 6.45) is -0.613. The van der Waals surface area contributed by atoms with Crippen LogP contribution in [0.3, 0.4) is 0 Å². The Kier molecular flexibility index (Phi) is 11.2. The second-order valence-electron chi connectivity index (χ2n) is 11.3. The number of hydrogen-bond acceptors (Lipinski definition) is 7. The summed E-state index contributed by atoms with van der Waals surface area (Å²) in [4.78, 5) is 27.4. The molecular formula is C39H38N2O6. The SMILES string of the molecule is CC(Cc1ccc(O)c(OCc2ccccc2)c1)(C(=O)OCc1ccccc1)N(Cc1ccccc1)NC(=O)OCc1ccccc1. The molecule has 0 saturated heterocycles. The Morgan fingerprint density at radius 1 is 0.638 bits per heavy atom. The number of amides is 1. The monoisotopic (exact) mass is 630 g/mol. The van der Waals surface area contributed by atoms with E-state index in [9.17, 15) is 14.7 Å². The molecule has 0 spiro atoms. The van der Waals surface area contributed by atoms with Gasteiger partial charge >= 0.3 is 12.1 Å². The lowest BCUT2D eigenvalue weighted by molar-refractivity contribution is -0.161. The molecule has 240 valence electrons. The summed E-state index contributed by atoms with van der Waals surface area (Å²) in [5.74, 6) is -0.307. The van der Waals surface area contributed by atoms with Crippen LogP contribution in [0.15, 0.2) is 140 Å². The molecule has 5 aromatic rings. The van der Waals surface area contributed by atoms with Gasteiger partial charge in [0.25, 0.3) is 0 Å². The van der Waals surface area contributed by atoms with E-state index in [0.29, 0.717) is 5.56 Å². The molecule has 1 atom stereocenters. The number of aromatic hydroxyl groups is 1. The van der Waals surface area contributed by atoms with Crippen molar-refractivity contribution in [1.82, 2.24) is 10.4 Å². The zero-order chi connectivity index (χ0) is 32.9. The summed E-state index contributed by atoms with van der Waals surface area (Å²) in [5, 5.41) is 12.2. The number of ether oxygens (including phenoxy) is 3. The number of phenols is 1. The van der Waals surface area contributed by atoms with Crippen LogP contribution in [0.25, 0.3) is 0 Å². The number of hydrogen-bond donors (Lipinski definition) is 2. The van der Waals surface area contributed by atoms with E-state index in [1.807, 2.05) is 121 Å². The molecule has 0 bridgehead atoms. The number of carbonyl (C=O) groups excluding carboxylic acids is 2. The summed E-state index contributed by atoms with van der Waals surface area (Å²) in [7, 11) is 0. The van der Waals surface area contributed by atoms with Crippen LogP contribution >= 0.6 is 0 Å². The first-order valence-electron chi connectivity index (χ1n) is 15.4. The van der Waals surface area contributed by atoms with Crippen molar-refractivity contribution in [3.05, 3.63) is 167 Å². The van der Waals surface area contributed by atoms with Crippen molar-refractivity contribution in [3.8, 4) is 11.5 Å². The summed E-state index contributed by atoms with van der Waals surface area (Å²) >= 11 is 0. The van der Waals surface area contributed by atoms with Crippen LogP contribution in [-0.2, 0) is 47.1 Å². The number of phenolic OH excluding ortho intramolecular Hbond substituents is 1. The molecule has 5 rings (SSSR count). The van der Waals surface area contributed by atoms with Gasteiger partial charge in [0.2, 0.25) is 0 Å². The third-order valence-corrected chi connectivity index (χ3v) is 7.68. The van der Waals surface area contributed by atoms with Gasteiger partial charge in [0.1, 0.15) is 25.4 Å². The van der Waals surface area contributed by atoms with E-state index in [1.54, 1.807) is 24.1 Å². The Balaban J connectivity index is 1.44. The van der Waals surface area contributed by atoms with E-state index >= 15 is 0 Å². The first kappa shape index (κ1) is 32.8. The fourth-order valence-corrected chi connectivity index (χ4v) is 5.04. The molecule has 0 fully saturated rings. The van der Waals surface area contributed by atoms with Crippen molar-refractivity contribution in [2.24, 2.45) is 0 Å². The average Bonchev–Trinajstić information content (AvgIpc) is 3.11. The lowest BCUT2D eigenvalue weighted by atomic mass is 9.91. The normalized spacial score (nSPS) is 12.1. The Morgan fingerprint density at radius 3 is 1.68 bits per heavy atom. The van der Waals surface area contributed by atoms with Crippen molar-refractivity contribution in [2.45, 2.75) is 45.2 Å². The topological polar surface area (TPSA) is 97.3 Å². The van der Waals surface area contributed by atoms with Crippen molar-refractivity contribution in [2.75, 3.05) is 0 Å². The van der Waals surface area contributed by atoms with Gasteiger partial charge in [-0.05, 0) is 46.9 Å². The second-order valence-corrected chi connectivity index (χ2v) is 11.3. The summed E-state index contributed by atoms with van der Waals surface area (Å²) < 4.78 is 17.4. The minimum atomic E-state index is -1.43. The predicted molar refractivity (Wildman–Crippen MR) is 179 cm³/mol. The molecule has 47 heavy (non-hydrogen) atoms. The predicted octanol–water partition coefficient (Wildman–Crippen LogP) is 7.36. The molecule has 5 aromatic carbocycles. The first-order valence-corrected chi connectivity index (χ1v) is 15.4. The number of esters is 1. The van der Waals surface area contributed by atoms with E-state index in [2.05, 4.69) is 5.43 Å². The third-order valence-electron chi connectivity index (χ3n) is 7.68. The van der Waals surface area contributed by atoms with Crippen molar-refractivity contribution >= 4 is 12.1 Å². The Hall–Kier alpha value is -5.60. The Labute approximate surface area is 275 Å². The van der Waals surface area contributed by atoms with Gasteiger partial charge in [-0.2, -0.15) is 5.01 Å². The highest BCUT2D eigenvalue weighted by atomic mass is 16.6. The van der Waals surface area contributed by atoms with Crippen molar-refractivity contribution in [3.63, 3.8) is 0 Å². The van der Waals surface area contributed by atoms with E-state index in [1.165, 1.54) is 6.07 Å². The fraction of sp³-hybridized carbons (Fsp3) is 0.179. The Bertz CT molecular complexity index is 1720. The summed E-state index contributed by atoms with van der Waals surface area (Å²) in [6, 6.07) is 42.9. The van der Waals surface area contributed by atoms with Gasteiger partial charge in [0.15, 0.2) is 11.5 Å². The van der Waals surface area contributed by atoms with E-state index in [4.69, 9.17) is 14.2 Å². The van der Waals surface area contributed by atoms with Gasteiger partial charge in [-0.3, -0.25) is 5.43 Å². The van der Waals surface area contributed by atoms with Crippen molar-refractivity contribution in [1.29, 1.82) is 0 Å². The lowest BCUT2D eigenvalue weighted by Gasteiger charge is -2.39.